The first-order valence-electron chi connectivity index (χ1n) is 7.92. The highest BCUT2D eigenvalue weighted by Crippen LogP contribution is 2.16. The van der Waals surface area contributed by atoms with E-state index in [1.165, 1.54) is 0 Å². The third-order valence-electron chi connectivity index (χ3n) is 3.51. The molecular weight excluding hydrogens is 308 g/mol. The zero-order valence-corrected chi connectivity index (χ0v) is 13.9. The number of hydrogen-bond donors (Lipinski definition) is 1. The van der Waals surface area contributed by atoms with Gasteiger partial charge in [0.15, 0.2) is 0 Å². The molecule has 2 aromatic rings. The van der Waals surface area contributed by atoms with Crippen molar-refractivity contribution in [1.29, 1.82) is 0 Å². The van der Waals surface area contributed by atoms with Crippen molar-refractivity contribution in [2.75, 3.05) is 13.2 Å². The molecule has 0 amide bonds. The van der Waals surface area contributed by atoms with Gasteiger partial charge in [-0.25, -0.2) is 4.79 Å². The van der Waals surface area contributed by atoms with Gasteiger partial charge in [-0.15, -0.1) is 0 Å². The Kier molecular flexibility index (Phi) is 6.14. The Hall–Kier alpha value is -2.60. The number of nitrogens with two attached hydrogens (primary N) is 1. The molecule has 0 aliphatic carbocycles. The molecule has 2 N–H and O–H groups in total. The molecule has 1 heterocycles. The summed E-state index contributed by atoms with van der Waals surface area (Å²) in [6.45, 7) is 4.17. The van der Waals surface area contributed by atoms with Gasteiger partial charge in [0.05, 0.1) is 18.8 Å². The first-order chi connectivity index (χ1) is 11.6. The van der Waals surface area contributed by atoms with E-state index in [0.717, 1.165) is 11.4 Å². The summed E-state index contributed by atoms with van der Waals surface area (Å²) in [5.41, 5.74) is 8.15. The molecule has 0 aliphatic rings. The van der Waals surface area contributed by atoms with Crippen LogP contribution in [0.2, 0.25) is 0 Å². The van der Waals surface area contributed by atoms with Crippen LogP contribution in [0.15, 0.2) is 42.6 Å². The van der Waals surface area contributed by atoms with Gasteiger partial charge in [0.1, 0.15) is 6.04 Å². The average molecular weight is 330 g/mol. The highest BCUT2D eigenvalue weighted by atomic mass is 16.5. The molecule has 0 bridgehead atoms. The van der Waals surface area contributed by atoms with Crippen LogP contribution < -0.4 is 5.73 Å². The van der Waals surface area contributed by atoms with E-state index in [0.29, 0.717) is 25.2 Å². The standard InChI is InChI=1S/C18H22N2O4/c1-3-23-17(21)13-7-9-14(10-8-13)20-11-5-6-15(20)12-16(19)18(22)24-4-2/h5-11,16H,3-4,12,19H2,1-2H3. The number of rotatable bonds is 7. The zero-order chi connectivity index (χ0) is 17.5. The van der Waals surface area contributed by atoms with Gasteiger partial charge in [0.25, 0.3) is 0 Å². The molecule has 6 heteroatoms. The Labute approximate surface area is 141 Å². The summed E-state index contributed by atoms with van der Waals surface area (Å²) in [6, 6.07) is 10.1. The highest BCUT2D eigenvalue weighted by Gasteiger charge is 2.17. The van der Waals surface area contributed by atoms with E-state index in [-0.39, 0.29) is 5.97 Å². The molecule has 0 aliphatic heterocycles. The van der Waals surface area contributed by atoms with E-state index in [2.05, 4.69) is 0 Å². The molecule has 0 saturated carbocycles. The largest absolute Gasteiger partial charge is 0.465 e. The minimum absolute atomic E-state index is 0.308. The summed E-state index contributed by atoms with van der Waals surface area (Å²) in [4.78, 5) is 23.4. The van der Waals surface area contributed by atoms with Crippen molar-refractivity contribution in [1.82, 2.24) is 4.57 Å². The Morgan fingerprint density at radius 1 is 1.08 bits per heavy atom. The lowest BCUT2D eigenvalue weighted by Gasteiger charge is -2.14. The summed E-state index contributed by atoms with van der Waals surface area (Å²) in [6.07, 6.45) is 2.25. The molecule has 6 nitrogen and oxygen atoms in total. The van der Waals surface area contributed by atoms with Crippen molar-refractivity contribution in [3.8, 4) is 5.69 Å². The number of carbonyl (C=O) groups is 2. The molecule has 0 fully saturated rings. The molecule has 1 aromatic carbocycles. The Morgan fingerprint density at radius 3 is 2.38 bits per heavy atom. The molecule has 2 rings (SSSR count). The lowest BCUT2D eigenvalue weighted by molar-refractivity contribution is -0.144. The highest BCUT2D eigenvalue weighted by molar-refractivity contribution is 5.89. The third-order valence-corrected chi connectivity index (χ3v) is 3.51. The molecular formula is C18H22N2O4. The summed E-state index contributed by atoms with van der Waals surface area (Å²) >= 11 is 0. The second kappa shape index (κ2) is 8.31. The topological polar surface area (TPSA) is 83.5 Å². The number of nitrogens with zero attached hydrogens (tertiary/aromatic N) is 1. The summed E-state index contributed by atoms with van der Waals surface area (Å²) in [7, 11) is 0. The lowest BCUT2D eigenvalue weighted by atomic mass is 10.1. The van der Waals surface area contributed by atoms with Crippen molar-refractivity contribution in [2.24, 2.45) is 5.73 Å². The molecule has 0 spiro atoms. The number of esters is 2. The number of aromatic nitrogens is 1. The number of benzene rings is 1. The van der Waals surface area contributed by atoms with Crippen LogP contribution in [0, 0.1) is 0 Å². The smallest absolute Gasteiger partial charge is 0.338 e. The lowest BCUT2D eigenvalue weighted by Crippen LogP contribution is -2.34. The summed E-state index contributed by atoms with van der Waals surface area (Å²) < 4.78 is 11.8. The van der Waals surface area contributed by atoms with E-state index < -0.39 is 12.0 Å². The number of hydrogen-bond acceptors (Lipinski definition) is 5. The summed E-state index contributed by atoms with van der Waals surface area (Å²) in [5, 5.41) is 0. The second-order valence-electron chi connectivity index (χ2n) is 5.20. The molecule has 1 atom stereocenters. The normalized spacial score (nSPS) is 11.8. The second-order valence-corrected chi connectivity index (χ2v) is 5.20. The predicted octanol–water partition coefficient (Wildman–Crippen LogP) is 2.09. The molecule has 1 unspecified atom stereocenters. The zero-order valence-electron chi connectivity index (χ0n) is 13.9. The van der Waals surface area contributed by atoms with Gasteiger partial charge in [-0.2, -0.15) is 0 Å². The number of carbonyl (C=O) groups excluding carboxylic acids is 2. The SMILES string of the molecule is CCOC(=O)c1ccc(-n2cccc2CC(N)C(=O)OCC)cc1. The van der Waals surface area contributed by atoms with Crippen molar-refractivity contribution in [3.63, 3.8) is 0 Å². The molecule has 0 radical (unpaired) electrons. The fourth-order valence-corrected chi connectivity index (χ4v) is 2.36. The van der Waals surface area contributed by atoms with Crippen LogP contribution in [-0.2, 0) is 20.7 Å². The maximum absolute atomic E-state index is 11.7. The van der Waals surface area contributed by atoms with Crippen molar-refractivity contribution in [3.05, 3.63) is 53.9 Å². The van der Waals surface area contributed by atoms with Gasteiger partial charge < -0.3 is 19.8 Å². The molecule has 0 saturated heterocycles. The fourth-order valence-electron chi connectivity index (χ4n) is 2.36. The molecule has 24 heavy (non-hydrogen) atoms. The van der Waals surface area contributed by atoms with Crippen LogP contribution in [0.1, 0.15) is 29.9 Å². The third kappa shape index (κ3) is 4.23. The minimum atomic E-state index is -0.711. The average Bonchev–Trinajstić information content (AvgIpc) is 3.03. The van der Waals surface area contributed by atoms with Gasteiger partial charge in [0.2, 0.25) is 0 Å². The van der Waals surface area contributed by atoms with E-state index >= 15 is 0 Å². The van der Waals surface area contributed by atoms with E-state index in [1.807, 2.05) is 35.0 Å². The van der Waals surface area contributed by atoms with Crippen molar-refractivity contribution in [2.45, 2.75) is 26.3 Å². The Balaban J connectivity index is 2.15. The van der Waals surface area contributed by atoms with Crippen molar-refractivity contribution < 1.29 is 19.1 Å². The van der Waals surface area contributed by atoms with Gasteiger partial charge >= 0.3 is 11.9 Å². The van der Waals surface area contributed by atoms with Crippen LogP contribution >= 0.6 is 0 Å². The van der Waals surface area contributed by atoms with Crippen LogP contribution in [0.3, 0.4) is 0 Å². The van der Waals surface area contributed by atoms with Crippen LogP contribution in [0.25, 0.3) is 5.69 Å². The van der Waals surface area contributed by atoms with Crippen LogP contribution in [-0.4, -0.2) is 35.8 Å². The van der Waals surface area contributed by atoms with Crippen LogP contribution in [0.5, 0.6) is 0 Å². The van der Waals surface area contributed by atoms with Gasteiger partial charge in [0, 0.05) is 24.0 Å². The van der Waals surface area contributed by atoms with E-state index in [9.17, 15) is 9.59 Å². The fraction of sp³-hybridized carbons (Fsp3) is 0.333. The maximum atomic E-state index is 11.7. The summed E-state index contributed by atoms with van der Waals surface area (Å²) in [5.74, 6) is -0.760. The quantitative estimate of drug-likeness (QED) is 0.786. The Morgan fingerprint density at radius 2 is 1.75 bits per heavy atom. The van der Waals surface area contributed by atoms with Crippen LogP contribution in [0.4, 0.5) is 0 Å². The maximum Gasteiger partial charge on any atom is 0.338 e. The predicted molar refractivity (Wildman–Crippen MR) is 90.0 cm³/mol. The first-order valence-corrected chi connectivity index (χ1v) is 7.92. The van der Waals surface area contributed by atoms with Gasteiger partial charge in [-0.1, -0.05) is 0 Å². The number of ether oxygens (including phenoxy) is 2. The van der Waals surface area contributed by atoms with E-state index in [4.69, 9.17) is 15.2 Å². The van der Waals surface area contributed by atoms with Crippen molar-refractivity contribution >= 4 is 11.9 Å². The molecule has 1 aromatic heterocycles. The monoisotopic (exact) mass is 330 g/mol. The minimum Gasteiger partial charge on any atom is -0.465 e. The first kappa shape index (κ1) is 17.7. The van der Waals surface area contributed by atoms with Gasteiger partial charge in [-0.05, 0) is 50.2 Å². The molecule has 128 valence electrons. The Bertz CT molecular complexity index is 691. The van der Waals surface area contributed by atoms with Gasteiger partial charge in [-0.3, -0.25) is 4.79 Å². The van der Waals surface area contributed by atoms with E-state index in [1.54, 1.807) is 26.0 Å².